The first-order valence-corrected chi connectivity index (χ1v) is 13.4. The molecule has 4 aromatic rings. The van der Waals surface area contributed by atoms with E-state index in [1.807, 2.05) is 35.8 Å². The molecule has 1 aliphatic heterocycles. The van der Waals surface area contributed by atoms with Crippen molar-refractivity contribution in [3.8, 4) is 11.5 Å². The van der Waals surface area contributed by atoms with E-state index in [0.717, 1.165) is 34.5 Å². The van der Waals surface area contributed by atoms with E-state index >= 15 is 0 Å². The molecule has 1 aromatic heterocycles. The first-order chi connectivity index (χ1) is 18.1. The normalized spacial score (nSPS) is 16.5. The van der Waals surface area contributed by atoms with Crippen LogP contribution in [0.5, 0.6) is 11.5 Å². The Balaban J connectivity index is 1.56. The van der Waals surface area contributed by atoms with Crippen molar-refractivity contribution in [2.75, 3.05) is 13.7 Å². The Hall–Kier alpha value is -3.90. The van der Waals surface area contributed by atoms with Crippen LogP contribution in [0.15, 0.2) is 82.1 Å². The number of aromatic nitrogens is 1. The monoisotopic (exact) mass is 508 g/mol. The highest BCUT2D eigenvalue weighted by molar-refractivity contribution is 7.07. The van der Waals surface area contributed by atoms with E-state index in [2.05, 4.69) is 55.5 Å². The molecule has 0 spiro atoms. The molecule has 1 aliphatic carbocycles. The number of aryl methyl sites for hydroxylation is 2. The number of methoxy groups -OCH3 is 1. The minimum atomic E-state index is -0.169. The molecule has 0 amide bonds. The van der Waals surface area contributed by atoms with Gasteiger partial charge in [-0.2, -0.15) is 0 Å². The molecule has 3 aromatic carbocycles. The van der Waals surface area contributed by atoms with Gasteiger partial charge in [0.2, 0.25) is 0 Å². The molecule has 6 heteroatoms. The lowest BCUT2D eigenvalue weighted by atomic mass is 9.83. The largest absolute Gasteiger partial charge is 0.493 e. The highest BCUT2D eigenvalue weighted by Gasteiger charge is 2.32. The average molecular weight is 509 g/mol. The Morgan fingerprint density at radius 1 is 1.05 bits per heavy atom. The minimum absolute atomic E-state index is 0.0208. The molecule has 37 heavy (non-hydrogen) atoms. The molecule has 1 atom stereocenters. The lowest BCUT2D eigenvalue weighted by molar-refractivity contribution is 0.311. The number of thiazole rings is 1. The zero-order valence-electron chi connectivity index (χ0n) is 21.2. The third-order valence-electron chi connectivity index (χ3n) is 7.05. The van der Waals surface area contributed by atoms with Crippen molar-refractivity contribution in [3.05, 3.63) is 120 Å². The minimum Gasteiger partial charge on any atom is -0.493 e. The number of hydrogen-bond donors (Lipinski definition) is 0. The van der Waals surface area contributed by atoms with Crippen LogP contribution in [0.3, 0.4) is 0 Å². The molecule has 0 fully saturated rings. The number of allylic oxidation sites excluding steroid dienone is 1. The molecule has 0 radical (unpaired) electrons. The van der Waals surface area contributed by atoms with Gasteiger partial charge in [0, 0.05) is 5.56 Å². The highest BCUT2D eigenvalue weighted by Crippen LogP contribution is 2.41. The van der Waals surface area contributed by atoms with Crippen LogP contribution in [-0.2, 0) is 6.42 Å². The van der Waals surface area contributed by atoms with Crippen LogP contribution in [-0.4, -0.2) is 18.3 Å². The van der Waals surface area contributed by atoms with Gasteiger partial charge in [0.1, 0.15) is 0 Å². The van der Waals surface area contributed by atoms with Crippen LogP contribution in [0.25, 0.3) is 11.8 Å². The van der Waals surface area contributed by atoms with Crippen molar-refractivity contribution < 1.29 is 9.47 Å². The molecule has 186 valence electrons. The van der Waals surface area contributed by atoms with Crippen LogP contribution in [0.1, 0.15) is 47.2 Å². The van der Waals surface area contributed by atoms with Gasteiger partial charge in [0.25, 0.3) is 5.56 Å². The number of benzene rings is 3. The van der Waals surface area contributed by atoms with Gasteiger partial charge in [-0.1, -0.05) is 71.5 Å². The maximum Gasteiger partial charge on any atom is 0.271 e. The molecular formula is C31H28N2O3S. The molecule has 1 unspecified atom stereocenters. The van der Waals surface area contributed by atoms with Crippen LogP contribution in [0.4, 0.5) is 0 Å². The van der Waals surface area contributed by atoms with Crippen molar-refractivity contribution in [1.29, 1.82) is 0 Å². The summed E-state index contributed by atoms with van der Waals surface area (Å²) in [4.78, 5) is 19.7. The summed E-state index contributed by atoms with van der Waals surface area (Å²) in [6.45, 7) is 4.58. The Kier molecular flexibility index (Phi) is 6.05. The molecule has 6 rings (SSSR count). The summed E-state index contributed by atoms with van der Waals surface area (Å²) in [5.41, 5.74) is 7.89. The number of hydrogen-bond acceptors (Lipinski definition) is 5. The van der Waals surface area contributed by atoms with Crippen LogP contribution >= 0.6 is 11.3 Å². The number of rotatable bonds is 5. The summed E-state index contributed by atoms with van der Waals surface area (Å²) in [7, 11) is 1.62. The van der Waals surface area contributed by atoms with Gasteiger partial charge in [-0.05, 0) is 67.2 Å². The molecular weight excluding hydrogens is 480 g/mol. The summed E-state index contributed by atoms with van der Waals surface area (Å²) < 4.78 is 13.7. The summed E-state index contributed by atoms with van der Waals surface area (Å²) in [5.74, 6) is 1.34. The Morgan fingerprint density at radius 3 is 2.65 bits per heavy atom. The quantitative estimate of drug-likeness (QED) is 0.380. The topological polar surface area (TPSA) is 52.8 Å². The highest BCUT2D eigenvalue weighted by atomic mass is 32.1. The average Bonchev–Trinajstić information content (AvgIpc) is 3.23. The fraction of sp³-hybridized carbons (Fsp3) is 0.226. The molecule has 0 saturated carbocycles. The standard InChI is InChI=1S/C31H28N2O3S/c1-4-36-25-16-11-20(17-26(25)35-3)18-27-30(34)33-29(22-12-9-19(2)10-13-22)24-15-14-21-7-5-6-8-23(21)28(24)32-31(33)37-27/h5-13,16-18,29H,4,14-15H2,1-3H3. The maximum absolute atomic E-state index is 13.9. The molecule has 2 heterocycles. The zero-order valence-corrected chi connectivity index (χ0v) is 22.0. The zero-order chi connectivity index (χ0) is 25.5. The third-order valence-corrected chi connectivity index (χ3v) is 8.03. The molecule has 5 nitrogen and oxygen atoms in total. The SMILES string of the molecule is CCOc1ccc(C=c2sc3n(c2=O)C(c2ccc(C)cc2)C2=C(N=3)c3ccccc3CC2)cc1OC. The van der Waals surface area contributed by atoms with E-state index in [1.54, 1.807) is 7.11 Å². The number of fused-ring (bicyclic) bond motifs is 3. The van der Waals surface area contributed by atoms with E-state index < -0.39 is 0 Å². The Labute approximate surface area is 219 Å². The van der Waals surface area contributed by atoms with Gasteiger partial charge in [-0.15, -0.1) is 0 Å². The second-order valence-electron chi connectivity index (χ2n) is 9.37. The first-order valence-electron chi connectivity index (χ1n) is 12.6. The van der Waals surface area contributed by atoms with Crippen LogP contribution < -0.4 is 24.4 Å². The van der Waals surface area contributed by atoms with Crippen LogP contribution in [0, 0.1) is 6.92 Å². The van der Waals surface area contributed by atoms with Gasteiger partial charge in [0.05, 0.1) is 30.0 Å². The summed E-state index contributed by atoms with van der Waals surface area (Å²) >= 11 is 1.44. The Morgan fingerprint density at radius 2 is 1.86 bits per heavy atom. The lowest BCUT2D eigenvalue weighted by Crippen LogP contribution is -2.38. The number of ether oxygens (including phenoxy) is 2. The van der Waals surface area contributed by atoms with Crippen molar-refractivity contribution in [2.45, 2.75) is 32.7 Å². The van der Waals surface area contributed by atoms with Gasteiger partial charge in [-0.25, -0.2) is 4.99 Å². The molecule has 2 aliphatic rings. The summed E-state index contributed by atoms with van der Waals surface area (Å²) in [6, 6.07) is 22.6. The lowest BCUT2D eigenvalue weighted by Gasteiger charge is -2.30. The molecule has 0 saturated heterocycles. The van der Waals surface area contributed by atoms with Crippen molar-refractivity contribution in [2.24, 2.45) is 4.99 Å². The smallest absolute Gasteiger partial charge is 0.271 e. The van der Waals surface area contributed by atoms with Gasteiger partial charge in [0.15, 0.2) is 16.3 Å². The summed E-state index contributed by atoms with van der Waals surface area (Å²) in [5, 5.41) is 0. The fourth-order valence-corrected chi connectivity index (χ4v) is 6.27. The van der Waals surface area contributed by atoms with Crippen molar-refractivity contribution in [3.63, 3.8) is 0 Å². The van der Waals surface area contributed by atoms with Crippen LogP contribution in [0.2, 0.25) is 0 Å². The first kappa shape index (κ1) is 23.5. The Bertz CT molecular complexity index is 1710. The van der Waals surface area contributed by atoms with Crippen molar-refractivity contribution >= 4 is 23.1 Å². The molecule has 0 N–H and O–H groups in total. The van der Waals surface area contributed by atoms with E-state index in [4.69, 9.17) is 14.5 Å². The van der Waals surface area contributed by atoms with Gasteiger partial charge in [-0.3, -0.25) is 9.36 Å². The van der Waals surface area contributed by atoms with Gasteiger partial charge >= 0.3 is 0 Å². The second kappa shape index (κ2) is 9.52. The van der Waals surface area contributed by atoms with E-state index in [-0.39, 0.29) is 11.6 Å². The second-order valence-corrected chi connectivity index (χ2v) is 10.4. The third kappa shape index (κ3) is 4.11. The molecule has 0 bridgehead atoms. The van der Waals surface area contributed by atoms with Gasteiger partial charge < -0.3 is 9.47 Å². The predicted molar refractivity (Wildman–Crippen MR) is 148 cm³/mol. The van der Waals surface area contributed by atoms with Crippen molar-refractivity contribution in [1.82, 2.24) is 4.57 Å². The fourth-order valence-electron chi connectivity index (χ4n) is 5.27. The number of nitrogens with zero attached hydrogens (tertiary/aromatic N) is 2. The summed E-state index contributed by atoms with van der Waals surface area (Å²) in [6.07, 6.45) is 3.75. The van der Waals surface area contributed by atoms with E-state index in [1.165, 1.54) is 33.6 Å². The van der Waals surface area contributed by atoms with E-state index in [0.29, 0.717) is 22.6 Å². The predicted octanol–water partition coefficient (Wildman–Crippen LogP) is 5.03. The maximum atomic E-state index is 13.9. The van der Waals surface area contributed by atoms with E-state index in [9.17, 15) is 4.79 Å².